The lowest BCUT2D eigenvalue weighted by atomic mass is 10.2. The highest BCUT2D eigenvalue weighted by molar-refractivity contribution is 6.82. The molecule has 0 rings (SSSR count). The van der Waals surface area contributed by atoms with E-state index in [0.717, 1.165) is 31.7 Å². The Morgan fingerprint density at radius 1 is 0.750 bits per heavy atom. The number of aliphatic hydroxyl groups is 1. The first-order valence-electron chi connectivity index (χ1n) is 11.7. The van der Waals surface area contributed by atoms with Crippen molar-refractivity contribution in [1.29, 1.82) is 0 Å². The first-order chi connectivity index (χ1) is 12.7. The van der Waals surface area contributed by atoms with Crippen molar-refractivity contribution in [2.75, 3.05) is 6.61 Å². The molecule has 0 saturated heterocycles. The van der Waals surface area contributed by atoms with Gasteiger partial charge in [-0.15, -0.1) is 0 Å². The third-order valence-corrected chi connectivity index (χ3v) is 19.2. The van der Waals surface area contributed by atoms with Crippen molar-refractivity contribution < 1.29 is 14.0 Å². The molecular formula is C22H52O3Si3. The molecule has 170 valence electrons. The third kappa shape index (κ3) is 7.05. The minimum Gasteiger partial charge on any atom is -0.412 e. The molecule has 28 heavy (non-hydrogen) atoms. The lowest BCUT2D eigenvalue weighted by Gasteiger charge is -2.54. The van der Waals surface area contributed by atoms with Gasteiger partial charge in [-0.25, -0.2) is 0 Å². The third-order valence-electron chi connectivity index (χ3n) is 7.39. The maximum absolute atomic E-state index is 9.38. The first-order valence-corrected chi connectivity index (χ1v) is 21.0. The monoisotopic (exact) mass is 448 g/mol. The van der Waals surface area contributed by atoms with Crippen molar-refractivity contribution in [2.45, 2.75) is 135 Å². The summed E-state index contributed by atoms with van der Waals surface area (Å²) in [6.07, 6.45) is 6.49. The lowest BCUT2D eigenvalue weighted by Crippen LogP contribution is -2.67. The predicted molar refractivity (Wildman–Crippen MR) is 133 cm³/mol. The predicted octanol–water partition coefficient (Wildman–Crippen LogP) is 7.13. The largest absolute Gasteiger partial charge is 0.412 e. The van der Waals surface area contributed by atoms with E-state index in [1.54, 1.807) is 0 Å². The summed E-state index contributed by atoms with van der Waals surface area (Å²) in [4.78, 5) is 0. The Morgan fingerprint density at radius 2 is 1.29 bits per heavy atom. The van der Waals surface area contributed by atoms with Crippen LogP contribution in [0, 0.1) is 0 Å². The van der Waals surface area contributed by atoms with E-state index in [1.807, 2.05) is 0 Å². The van der Waals surface area contributed by atoms with E-state index in [4.69, 9.17) is 8.85 Å². The molecule has 1 atom stereocenters. The highest BCUT2D eigenvalue weighted by Gasteiger charge is 2.55. The van der Waals surface area contributed by atoms with Crippen molar-refractivity contribution in [2.24, 2.45) is 0 Å². The van der Waals surface area contributed by atoms with Crippen LogP contribution in [0.15, 0.2) is 0 Å². The zero-order valence-electron chi connectivity index (χ0n) is 21.1. The smallest absolute Gasteiger partial charge is 0.217 e. The highest BCUT2D eigenvalue weighted by Crippen LogP contribution is 2.42. The molecule has 0 spiro atoms. The molecule has 3 nitrogen and oxygen atoms in total. The summed E-state index contributed by atoms with van der Waals surface area (Å²) >= 11 is 0. The van der Waals surface area contributed by atoms with Gasteiger partial charge in [0.15, 0.2) is 8.32 Å². The van der Waals surface area contributed by atoms with E-state index in [0.29, 0.717) is 0 Å². The summed E-state index contributed by atoms with van der Waals surface area (Å²) in [5.74, 6) is 0. The Labute approximate surface area is 180 Å². The molecule has 0 unspecified atom stereocenters. The Balaban J connectivity index is 5.83. The highest BCUT2D eigenvalue weighted by atomic mass is 28.4. The van der Waals surface area contributed by atoms with Crippen LogP contribution in [-0.4, -0.2) is 46.9 Å². The molecule has 0 aromatic rings. The van der Waals surface area contributed by atoms with Gasteiger partial charge in [0.1, 0.15) is 0 Å². The van der Waals surface area contributed by atoms with Gasteiger partial charge in [-0.3, -0.25) is 0 Å². The van der Waals surface area contributed by atoms with E-state index < -0.39 is 24.7 Å². The summed E-state index contributed by atoms with van der Waals surface area (Å²) in [5.41, 5.74) is 0. The van der Waals surface area contributed by atoms with E-state index in [9.17, 15) is 5.11 Å². The maximum atomic E-state index is 9.38. The van der Waals surface area contributed by atoms with Gasteiger partial charge in [0, 0.05) is 11.8 Å². The molecule has 0 radical (unpaired) electrons. The summed E-state index contributed by atoms with van der Waals surface area (Å²) in [6.45, 7) is 26.2. The van der Waals surface area contributed by atoms with Crippen molar-refractivity contribution in [3.63, 3.8) is 0 Å². The van der Waals surface area contributed by atoms with Crippen LogP contribution >= 0.6 is 0 Å². The zero-order valence-corrected chi connectivity index (χ0v) is 24.1. The number of unbranched alkanes of at least 4 members (excludes halogenated alkanes) is 1. The molecule has 0 aromatic heterocycles. The van der Waals surface area contributed by atoms with Crippen LogP contribution in [0.4, 0.5) is 0 Å². The SMILES string of the molecule is CCCC[Si](C)(C)OC(CC)(CC)[Si](C)(C)O[C@@](C)(CC)[Si](C)(C)CCCO. The molecule has 1 N–H and O–H groups in total. The fourth-order valence-corrected chi connectivity index (χ4v) is 16.7. The van der Waals surface area contributed by atoms with Gasteiger partial charge in [0.05, 0.1) is 13.3 Å². The number of rotatable bonds is 15. The van der Waals surface area contributed by atoms with Crippen LogP contribution in [0.3, 0.4) is 0 Å². The Kier molecular flexibility index (Phi) is 11.4. The van der Waals surface area contributed by atoms with Crippen LogP contribution < -0.4 is 0 Å². The topological polar surface area (TPSA) is 38.7 Å². The number of hydrogen-bond acceptors (Lipinski definition) is 3. The van der Waals surface area contributed by atoms with Crippen molar-refractivity contribution >= 4 is 24.7 Å². The van der Waals surface area contributed by atoms with Gasteiger partial charge in [-0.2, -0.15) is 0 Å². The van der Waals surface area contributed by atoms with Gasteiger partial charge in [0.2, 0.25) is 8.32 Å². The first kappa shape index (κ1) is 28.5. The van der Waals surface area contributed by atoms with Crippen LogP contribution in [0.2, 0.25) is 51.4 Å². The Hall–Kier alpha value is 0.531. The van der Waals surface area contributed by atoms with E-state index in [2.05, 4.69) is 73.9 Å². The second-order valence-corrected chi connectivity index (χ2v) is 24.3. The molecule has 0 aliphatic rings. The molecule has 0 aromatic carbocycles. The quantitative estimate of drug-likeness (QED) is 0.271. The molecule has 0 saturated carbocycles. The van der Waals surface area contributed by atoms with Crippen molar-refractivity contribution in [3.05, 3.63) is 0 Å². The van der Waals surface area contributed by atoms with Crippen LogP contribution in [0.5, 0.6) is 0 Å². The Morgan fingerprint density at radius 3 is 1.68 bits per heavy atom. The fourth-order valence-electron chi connectivity index (χ4n) is 4.68. The standard InChI is InChI=1S/C22H52O3Si3/c1-12-16-20-27(8,9)25-22(14-3,15-4)28(10,11)24-21(5,13-2)26(6,7)19-17-18-23/h23H,12-20H2,1-11H3/t21-/m1/s1. The molecular weight excluding hydrogens is 396 g/mol. The maximum Gasteiger partial charge on any atom is 0.217 e. The van der Waals surface area contributed by atoms with Crippen LogP contribution in [0.25, 0.3) is 0 Å². The summed E-state index contributed by atoms with van der Waals surface area (Å²) in [5, 5.41) is 9.18. The lowest BCUT2D eigenvalue weighted by molar-refractivity contribution is 0.0613. The molecule has 0 aliphatic carbocycles. The van der Waals surface area contributed by atoms with Crippen molar-refractivity contribution in [1.82, 2.24) is 0 Å². The van der Waals surface area contributed by atoms with E-state index >= 15 is 0 Å². The number of aliphatic hydroxyl groups excluding tert-OH is 1. The summed E-state index contributed by atoms with van der Waals surface area (Å²) in [7, 11) is -5.55. The van der Waals surface area contributed by atoms with Gasteiger partial charge >= 0.3 is 0 Å². The second-order valence-electron chi connectivity index (χ2n) is 10.6. The van der Waals surface area contributed by atoms with E-state index in [1.165, 1.54) is 18.9 Å². The van der Waals surface area contributed by atoms with Gasteiger partial charge in [-0.05, 0) is 64.8 Å². The zero-order chi connectivity index (χ0) is 22.3. The molecule has 0 heterocycles. The van der Waals surface area contributed by atoms with Crippen LogP contribution in [0.1, 0.15) is 73.1 Å². The molecule has 0 fully saturated rings. The number of hydrogen-bond donors (Lipinski definition) is 1. The Bertz CT molecular complexity index is 448. The van der Waals surface area contributed by atoms with Gasteiger partial charge in [-0.1, -0.05) is 59.7 Å². The molecule has 0 amide bonds. The minimum absolute atomic E-state index is 0.0774. The molecule has 6 heteroatoms. The second kappa shape index (κ2) is 11.2. The fraction of sp³-hybridized carbons (Fsp3) is 1.00. The van der Waals surface area contributed by atoms with Gasteiger partial charge in [0.25, 0.3) is 0 Å². The molecule has 0 bridgehead atoms. The summed E-state index contributed by atoms with van der Waals surface area (Å²) in [6, 6.07) is 2.35. The average Bonchev–Trinajstić information content (AvgIpc) is 2.62. The normalized spacial score (nSPS) is 16.3. The molecule has 0 aliphatic heterocycles. The minimum atomic E-state index is -2.15. The average molecular weight is 449 g/mol. The van der Waals surface area contributed by atoms with Crippen LogP contribution in [-0.2, 0) is 8.85 Å². The van der Waals surface area contributed by atoms with Crippen molar-refractivity contribution in [3.8, 4) is 0 Å². The van der Waals surface area contributed by atoms with E-state index in [-0.39, 0.29) is 17.1 Å². The summed E-state index contributed by atoms with van der Waals surface area (Å²) < 4.78 is 14.4. The van der Waals surface area contributed by atoms with Gasteiger partial charge < -0.3 is 14.0 Å².